The van der Waals surface area contributed by atoms with Crippen LogP contribution in [0.3, 0.4) is 0 Å². The number of aliphatic hydroxyl groups is 1. The van der Waals surface area contributed by atoms with Crippen molar-refractivity contribution < 1.29 is 17.9 Å². The lowest BCUT2D eigenvalue weighted by Crippen LogP contribution is -2.26. The van der Waals surface area contributed by atoms with Crippen LogP contribution in [0.5, 0.6) is 0 Å². The van der Waals surface area contributed by atoms with E-state index in [2.05, 4.69) is 0 Å². The van der Waals surface area contributed by atoms with Crippen molar-refractivity contribution in [2.24, 2.45) is 0 Å². The van der Waals surface area contributed by atoms with E-state index >= 15 is 0 Å². The van der Waals surface area contributed by atoms with E-state index in [1.807, 2.05) is 0 Å². The normalized spacial score (nSPS) is 13.6. The van der Waals surface area contributed by atoms with Crippen molar-refractivity contribution in [3.8, 4) is 0 Å². The van der Waals surface area contributed by atoms with E-state index in [4.69, 9.17) is 4.42 Å². The predicted octanol–water partition coefficient (Wildman–Crippen LogP) is 2.15. The number of furan rings is 1. The van der Waals surface area contributed by atoms with Gasteiger partial charge in [-0.3, -0.25) is 0 Å². The molecule has 1 unspecified atom stereocenters. The average molecular weight is 295 g/mol. The van der Waals surface area contributed by atoms with Crippen molar-refractivity contribution in [2.75, 3.05) is 7.05 Å². The number of nitrogens with zero attached hydrogens (tertiary/aromatic N) is 1. The number of rotatable bonds is 5. The average Bonchev–Trinajstić information content (AvgIpc) is 2.91. The van der Waals surface area contributed by atoms with Crippen molar-refractivity contribution >= 4 is 10.0 Å². The summed E-state index contributed by atoms with van der Waals surface area (Å²) in [6, 6.07) is 7.96. The zero-order chi connectivity index (χ0) is 14.8. The summed E-state index contributed by atoms with van der Waals surface area (Å²) in [5.74, 6) is 0. The van der Waals surface area contributed by atoms with Crippen molar-refractivity contribution in [3.63, 3.8) is 0 Å². The van der Waals surface area contributed by atoms with E-state index in [0.29, 0.717) is 5.56 Å². The minimum atomic E-state index is -3.55. The minimum Gasteiger partial charge on any atom is -0.472 e. The highest BCUT2D eigenvalue weighted by Gasteiger charge is 2.21. The highest BCUT2D eigenvalue weighted by Crippen LogP contribution is 2.20. The van der Waals surface area contributed by atoms with E-state index in [-0.39, 0.29) is 11.4 Å². The first-order chi connectivity index (χ1) is 9.41. The molecular formula is C14H17NO4S. The molecule has 108 valence electrons. The molecule has 0 aliphatic rings. The molecule has 6 heteroatoms. The van der Waals surface area contributed by atoms with Crippen molar-refractivity contribution in [2.45, 2.75) is 24.5 Å². The molecular weight excluding hydrogens is 278 g/mol. The molecule has 0 fully saturated rings. The SMILES string of the molecule is CC(O)c1ccc(S(=O)(=O)N(C)Cc2ccoc2)cc1. The Bertz CT molecular complexity index is 645. The summed E-state index contributed by atoms with van der Waals surface area (Å²) < 4.78 is 30.9. The van der Waals surface area contributed by atoms with Gasteiger partial charge >= 0.3 is 0 Å². The number of aliphatic hydroxyl groups excluding tert-OH is 1. The van der Waals surface area contributed by atoms with Crippen LogP contribution in [-0.4, -0.2) is 24.9 Å². The van der Waals surface area contributed by atoms with E-state index in [1.165, 1.54) is 36.0 Å². The quantitative estimate of drug-likeness (QED) is 0.917. The molecule has 1 aromatic heterocycles. The Balaban J connectivity index is 2.21. The summed E-state index contributed by atoms with van der Waals surface area (Å²) in [7, 11) is -2.03. The van der Waals surface area contributed by atoms with E-state index in [0.717, 1.165) is 5.56 Å². The lowest BCUT2D eigenvalue weighted by molar-refractivity contribution is 0.199. The van der Waals surface area contributed by atoms with Crippen LogP contribution in [0.4, 0.5) is 0 Å². The molecule has 0 saturated carbocycles. The van der Waals surface area contributed by atoms with E-state index < -0.39 is 16.1 Å². The molecule has 0 radical (unpaired) electrons. The highest BCUT2D eigenvalue weighted by atomic mass is 32.2. The summed E-state index contributed by atoms with van der Waals surface area (Å²) in [6.45, 7) is 1.88. The minimum absolute atomic E-state index is 0.202. The first kappa shape index (κ1) is 14.8. The second-order valence-electron chi connectivity index (χ2n) is 4.64. The molecule has 0 spiro atoms. The second kappa shape index (κ2) is 5.78. The summed E-state index contributed by atoms with van der Waals surface area (Å²) in [4.78, 5) is 0.202. The maximum Gasteiger partial charge on any atom is 0.243 e. The Morgan fingerprint density at radius 3 is 2.40 bits per heavy atom. The van der Waals surface area contributed by atoms with Crippen LogP contribution in [0.25, 0.3) is 0 Å². The molecule has 0 saturated heterocycles. The molecule has 0 aliphatic heterocycles. The van der Waals surface area contributed by atoms with E-state index in [9.17, 15) is 13.5 Å². The Kier molecular flexibility index (Phi) is 4.27. The third-order valence-electron chi connectivity index (χ3n) is 3.06. The van der Waals surface area contributed by atoms with Crippen LogP contribution in [-0.2, 0) is 16.6 Å². The molecule has 2 rings (SSSR count). The van der Waals surface area contributed by atoms with Gasteiger partial charge in [0.05, 0.1) is 23.5 Å². The topological polar surface area (TPSA) is 70.8 Å². The molecule has 5 nitrogen and oxygen atoms in total. The van der Waals surface area contributed by atoms with Gasteiger partial charge in [0.15, 0.2) is 0 Å². The number of benzene rings is 1. The van der Waals surface area contributed by atoms with Gasteiger partial charge in [0.1, 0.15) is 0 Å². The van der Waals surface area contributed by atoms with Crippen LogP contribution < -0.4 is 0 Å². The lowest BCUT2D eigenvalue weighted by atomic mass is 10.1. The molecule has 1 heterocycles. The molecule has 1 atom stereocenters. The van der Waals surface area contributed by atoms with E-state index in [1.54, 1.807) is 25.1 Å². The Morgan fingerprint density at radius 2 is 1.90 bits per heavy atom. The Morgan fingerprint density at radius 1 is 1.25 bits per heavy atom. The predicted molar refractivity (Wildman–Crippen MR) is 74.4 cm³/mol. The van der Waals surface area contributed by atoms with Gasteiger partial charge in [0.2, 0.25) is 10.0 Å². The van der Waals surface area contributed by atoms with Crippen molar-refractivity contribution in [3.05, 3.63) is 54.0 Å². The second-order valence-corrected chi connectivity index (χ2v) is 6.68. The number of hydrogen-bond acceptors (Lipinski definition) is 4. The van der Waals surface area contributed by atoms with Crippen LogP contribution in [0.1, 0.15) is 24.2 Å². The fourth-order valence-corrected chi connectivity index (χ4v) is 2.98. The molecule has 0 amide bonds. The molecule has 2 aromatic rings. The van der Waals surface area contributed by atoms with Gasteiger partial charge in [-0.2, -0.15) is 4.31 Å². The van der Waals surface area contributed by atoms with Gasteiger partial charge in [-0.05, 0) is 30.7 Å². The maximum absolute atomic E-state index is 12.4. The third-order valence-corrected chi connectivity index (χ3v) is 4.87. The summed E-state index contributed by atoms with van der Waals surface area (Å²) in [5.41, 5.74) is 1.47. The van der Waals surface area contributed by atoms with Gasteiger partial charge in [0.25, 0.3) is 0 Å². The van der Waals surface area contributed by atoms with Crippen LogP contribution in [0.15, 0.2) is 52.2 Å². The van der Waals surface area contributed by atoms with Crippen LogP contribution >= 0.6 is 0 Å². The largest absolute Gasteiger partial charge is 0.472 e. The number of sulfonamides is 1. The Labute approximate surface area is 118 Å². The monoisotopic (exact) mass is 295 g/mol. The lowest BCUT2D eigenvalue weighted by Gasteiger charge is -2.16. The molecule has 0 bridgehead atoms. The molecule has 20 heavy (non-hydrogen) atoms. The van der Waals surface area contributed by atoms with Crippen molar-refractivity contribution in [1.29, 1.82) is 0 Å². The third kappa shape index (κ3) is 3.09. The zero-order valence-electron chi connectivity index (χ0n) is 11.4. The maximum atomic E-state index is 12.4. The van der Waals surface area contributed by atoms with Crippen LogP contribution in [0, 0.1) is 0 Å². The van der Waals surface area contributed by atoms with Gasteiger partial charge in [-0.1, -0.05) is 12.1 Å². The first-order valence-corrected chi connectivity index (χ1v) is 7.60. The van der Waals surface area contributed by atoms with Crippen LogP contribution in [0.2, 0.25) is 0 Å². The number of hydrogen-bond donors (Lipinski definition) is 1. The van der Waals surface area contributed by atoms with Gasteiger partial charge < -0.3 is 9.52 Å². The smallest absolute Gasteiger partial charge is 0.243 e. The summed E-state index contributed by atoms with van der Waals surface area (Å²) >= 11 is 0. The molecule has 1 N–H and O–H groups in total. The van der Waals surface area contributed by atoms with Gasteiger partial charge in [-0.25, -0.2) is 8.42 Å². The van der Waals surface area contributed by atoms with Crippen molar-refractivity contribution in [1.82, 2.24) is 4.31 Å². The molecule has 0 aliphatic carbocycles. The highest BCUT2D eigenvalue weighted by molar-refractivity contribution is 7.89. The zero-order valence-corrected chi connectivity index (χ0v) is 12.2. The Hall–Kier alpha value is -1.63. The van der Waals surface area contributed by atoms with Gasteiger partial charge in [0, 0.05) is 19.2 Å². The fraction of sp³-hybridized carbons (Fsp3) is 0.286. The fourth-order valence-electron chi connectivity index (χ4n) is 1.82. The van der Waals surface area contributed by atoms with Gasteiger partial charge in [-0.15, -0.1) is 0 Å². The standard InChI is InChI=1S/C14H17NO4S/c1-11(16)13-3-5-14(6-4-13)20(17,18)15(2)9-12-7-8-19-10-12/h3-8,10-11,16H,9H2,1-2H3. The summed E-state index contributed by atoms with van der Waals surface area (Å²) in [5, 5.41) is 9.43. The molecule has 1 aromatic carbocycles. The first-order valence-electron chi connectivity index (χ1n) is 6.16. The summed E-state index contributed by atoms with van der Waals surface area (Å²) in [6.07, 6.45) is 2.41.